The molecule has 0 spiro atoms. The first-order valence-corrected chi connectivity index (χ1v) is 6.45. The number of aliphatic carboxylic acids is 1. The number of hydrogen-bond acceptors (Lipinski definition) is 4. The van der Waals surface area contributed by atoms with E-state index >= 15 is 0 Å². The van der Waals surface area contributed by atoms with Crippen LogP contribution in [0.5, 0.6) is 5.75 Å². The van der Waals surface area contributed by atoms with Gasteiger partial charge in [0.25, 0.3) is 0 Å². The fourth-order valence-electron chi connectivity index (χ4n) is 1.45. The molecule has 1 aromatic carbocycles. The van der Waals surface area contributed by atoms with Crippen LogP contribution in [0.4, 0.5) is 0 Å². The molecule has 100 valence electrons. The van der Waals surface area contributed by atoms with Crippen LogP contribution in [0.2, 0.25) is 5.02 Å². The Bertz CT molecular complexity index is 600. The minimum atomic E-state index is -1.08. The second-order valence-corrected chi connectivity index (χ2v) is 5.07. The van der Waals surface area contributed by atoms with Gasteiger partial charge in [-0.15, -0.1) is 0 Å². The van der Waals surface area contributed by atoms with Crippen LogP contribution < -0.4 is 4.74 Å². The summed E-state index contributed by atoms with van der Waals surface area (Å²) >= 11 is 9.41. The molecular weight excluding hydrogens is 337 g/mol. The number of carboxylic acids is 1. The lowest BCUT2D eigenvalue weighted by molar-refractivity contribution is -0.144. The van der Waals surface area contributed by atoms with E-state index in [2.05, 4.69) is 21.1 Å². The average molecular weight is 347 g/mol. The average Bonchev–Trinajstić information content (AvgIpc) is 2.85. The van der Waals surface area contributed by atoms with E-state index in [-0.39, 0.29) is 5.75 Å². The van der Waals surface area contributed by atoms with Gasteiger partial charge in [-0.2, -0.15) is 0 Å². The Morgan fingerprint density at radius 3 is 2.89 bits per heavy atom. The zero-order valence-electron chi connectivity index (χ0n) is 9.76. The van der Waals surface area contributed by atoms with Crippen molar-refractivity contribution in [2.75, 3.05) is 0 Å². The number of halogens is 2. The maximum atomic E-state index is 10.9. The largest absolute Gasteiger partial charge is 0.479 e. The van der Waals surface area contributed by atoms with Crippen molar-refractivity contribution in [2.24, 2.45) is 0 Å². The number of benzene rings is 1. The van der Waals surface area contributed by atoms with Gasteiger partial charge in [-0.1, -0.05) is 32.7 Å². The second kappa shape index (κ2) is 5.63. The normalized spacial score (nSPS) is 12.2. The van der Waals surface area contributed by atoms with Crippen LogP contribution in [0.25, 0.3) is 11.3 Å². The molecule has 0 aliphatic rings. The summed E-state index contributed by atoms with van der Waals surface area (Å²) in [5, 5.41) is 13.0. The highest BCUT2D eigenvalue weighted by atomic mass is 79.9. The summed E-state index contributed by atoms with van der Waals surface area (Å²) in [4.78, 5) is 10.9. The van der Waals surface area contributed by atoms with E-state index < -0.39 is 12.1 Å². The molecule has 19 heavy (non-hydrogen) atoms. The van der Waals surface area contributed by atoms with Gasteiger partial charge in [-0.05, 0) is 19.1 Å². The van der Waals surface area contributed by atoms with E-state index in [1.165, 1.54) is 13.2 Å². The Labute approximate surface area is 122 Å². The van der Waals surface area contributed by atoms with Gasteiger partial charge in [0, 0.05) is 16.1 Å². The Morgan fingerprint density at radius 1 is 1.58 bits per heavy atom. The van der Waals surface area contributed by atoms with E-state index in [1.807, 2.05) is 0 Å². The number of carbonyl (C=O) groups is 1. The summed E-state index contributed by atoms with van der Waals surface area (Å²) in [5.74, 6) is -0.821. The minimum absolute atomic E-state index is 0.258. The molecule has 1 aromatic heterocycles. The number of aromatic nitrogens is 1. The van der Waals surface area contributed by atoms with E-state index in [1.54, 1.807) is 18.2 Å². The van der Waals surface area contributed by atoms with Crippen molar-refractivity contribution in [1.82, 2.24) is 5.16 Å². The predicted octanol–water partition coefficient (Wildman–Crippen LogP) is 3.61. The summed E-state index contributed by atoms with van der Waals surface area (Å²) < 4.78 is 10.9. The molecule has 0 aliphatic carbocycles. The molecule has 2 rings (SSSR count). The monoisotopic (exact) mass is 345 g/mol. The standard InChI is InChI=1S/C12H9BrClNO4/c1-6(12(16)17)19-11-8(10-2-3-18-15-10)4-7(13)5-9(11)14/h2-6H,1H3,(H,16,17)/t6-/m0/s1. The highest BCUT2D eigenvalue weighted by molar-refractivity contribution is 9.10. The number of ether oxygens (including phenoxy) is 1. The van der Waals surface area contributed by atoms with Crippen molar-refractivity contribution >= 4 is 33.5 Å². The maximum Gasteiger partial charge on any atom is 0.344 e. The van der Waals surface area contributed by atoms with Gasteiger partial charge in [-0.3, -0.25) is 0 Å². The van der Waals surface area contributed by atoms with Crippen molar-refractivity contribution < 1.29 is 19.2 Å². The minimum Gasteiger partial charge on any atom is -0.479 e. The molecule has 0 saturated heterocycles. The van der Waals surface area contributed by atoms with Crippen molar-refractivity contribution in [2.45, 2.75) is 13.0 Å². The van der Waals surface area contributed by atoms with Gasteiger partial charge in [0.05, 0.1) is 5.02 Å². The summed E-state index contributed by atoms with van der Waals surface area (Å²) in [6.45, 7) is 1.42. The lowest BCUT2D eigenvalue weighted by Gasteiger charge is -2.15. The Hall–Kier alpha value is -1.53. The Kier molecular flexibility index (Phi) is 4.11. The molecule has 0 unspecified atom stereocenters. The lowest BCUT2D eigenvalue weighted by atomic mass is 10.1. The molecule has 7 heteroatoms. The maximum absolute atomic E-state index is 10.9. The molecule has 0 amide bonds. The summed E-state index contributed by atoms with van der Waals surface area (Å²) in [6, 6.07) is 4.99. The molecule has 0 saturated carbocycles. The smallest absolute Gasteiger partial charge is 0.344 e. The van der Waals surface area contributed by atoms with E-state index in [4.69, 9.17) is 26.0 Å². The van der Waals surface area contributed by atoms with Crippen LogP contribution in [0.1, 0.15) is 6.92 Å². The molecule has 1 N–H and O–H groups in total. The molecule has 1 heterocycles. The van der Waals surface area contributed by atoms with Crippen LogP contribution >= 0.6 is 27.5 Å². The zero-order valence-corrected chi connectivity index (χ0v) is 12.1. The van der Waals surface area contributed by atoms with Crippen molar-refractivity contribution in [3.8, 4) is 17.0 Å². The fourth-order valence-corrected chi connectivity index (χ4v) is 2.30. The third-order valence-corrected chi connectivity index (χ3v) is 3.10. The van der Waals surface area contributed by atoms with Crippen LogP contribution in [-0.4, -0.2) is 22.3 Å². The second-order valence-electron chi connectivity index (χ2n) is 3.75. The predicted molar refractivity (Wildman–Crippen MR) is 72.4 cm³/mol. The lowest BCUT2D eigenvalue weighted by Crippen LogP contribution is -2.23. The highest BCUT2D eigenvalue weighted by Gasteiger charge is 2.20. The highest BCUT2D eigenvalue weighted by Crippen LogP contribution is 2.39. The summed E-state index contributed by atoms with van der Waals surface area (Å²) in [5.41, 5.74) is 1.07. The Balaban J connectivity index is 2.49. The number of hydrogen-bond donors (Lipinski definition) is 1. The van der Waals surface area contributed by atoms with Gasteiger partial charge in [-0.25, -0.2) is 4.79 Å². The van der Waals surface area contributed by atoms with Crippen LogP contribution in [-0.2, 0) is 4.79 Å². The molecule has 1 atom stereocenters. The number of rotatable bonds is 4. The van der Waals surface area contributed by atoms with Crippen LogP contribution in [0.15, 0.2) is 33.5 Å². The molecule has 0 bridgehead atoms. The molecule has 0 radical (unpaired) electrons. The van der Waals surface area contributed by atoms with E-state index in [0.29, 0.717) is 16.3 Å². The quantitative estimate of drug-likeness (QED) is 0.915. The van der Waals surface area contributed by atoms with Crippen LogP contribution in [0.3, 0.4) is 0 Å². The molecule has 0 fully saturated rings. The molecular formula is C12H9BrClNO4. The third-order valence-electron chi connectivity index (χ3n) is 2.36. The van der Waals surface area contributed by atoms with E-state index in [9.17, 15) is 4.79 Å². The number of nitrogens with zero attached hydrogens (tertiary/aromatic N) is 1. The summed E-state index contributed by atoms with van der Waals surface area (Å²) in [6.07, 6.45) is 0.387. The summed E-state index contributed by atoms with van der Waals surface area (Å²) in [7, 11) is 0. The van der Waals surface area contributed by atoms with E-state index in [0.717, 1.165) is 4.47 Å². The van der Waals surface area contributed by atoms with Crippen LogP contribution in [0, 0.1) is 0 Å². The van der Waals surface area contributed by atoms with Gasteiger partial charge in [0.1, 0.15) is 17.7 Å². The first kappa shape index (κ1) is 13.9. The zero-order chi connectivity index (χ0) is 14.0. The van der Waals surface area contributed by atoms with Crippen molar-refractivity contribution in [1.29, 1.82) is 0 Å². The molecule has 2 aromatic rings. The van der Waals surface area contributed by atoms with Gasteiger partial charge in [0.2, 0.25) is 0 Å². The van der Waals surface area contributed by atoms with Crippen molar-refractivity contribution in [3.05, 3.63) is 34.0 Å². The number of carboxylic acid groups (broad SMARTS) is 1. The molecule has 5 nitrogen and oxygen atoms in total. The van der Waals surface area contributed by atoms with Gasteiger partial charge >= 0.3 is 5.97 Å². The SMILES string of the molecule is C[C@H](Oc1c(Cl)cc(Br)cc1-c1ccon1)C(=O)O. The first-order chi connectivity index (χ1) is 8.99. The van der Waals surface area contributed by atoms with Crippen molar-refractivity contribution in [3.63, 3.8) is 0 Å². The van der Waals surface area contributed by atoms with Gasteiger partial charge in [0.15, 0.2) is 6.10 Å². The topological polar surface area (TPSA) is 72.6 Å². The van der Waals surface area contributed by atoms with Gasteiger partial charge < -0.3 is 14.4 Å². The Morgan fingerprint density at radius 2 is 2.32 bits per heavy atom. The molecule has 0 aliphatic heterocycles. The first-order valence-electron chi connectivity index (χ1n) is 5.28. The third kappa shape index (κ3) is 3.08. The fraction of sp³-hybridized carbons (Fsp3) is 0.167.